The summed E-state index contributed by atoms with van der Waals surface area (Å²) in [5, 5.41) is 14.1. The Labute approximate surface area is 147 Å². The van der Waals surface area contributed by atoms with Crippen molar-refractivity contribution in [3.63, 3.8) is 0 Å². The van der Waals surface area contributed by atoms with Crippen molar-refractivity contribution >= 4 is 22.6 Å². The molecule has 5 nitrogen and oxygen atoms in total. The molecule has 1 fully saturated rings. The lowest BCUT2D eigenvalue weighted by molar-refractivity contribution is -0.142. The normalized spacial score (nSPS) is 16.2. The van der Waals surface area contributed by atoms with Gasteiger partial charge in [0.05, 0.1) is 13.0 Å². The minimum absolute atomic E-state index is 0.249. The molecule has 0 spiro atoms. The van der Waals surface area contributed by atoms with E-state index in [0.717, 1.165) is 34.9 Å². The van der Waals surface area contributed by atoms with Crippen LogP contribution in [0.4, 0.5) is 0 Å². The Morgan fingerprint density at radius 2 is 1.88 bits per heavy atom. The first-order chi connectivity index (χ1) is 12.0. The summed E-state index contributed by atoms with van der Waals surface area (Å²) < 4.78 is 5.22. The lowest BCUT2D eigenvalue weighted by Crippen LogP contribution is -2.42. The number of benzene rings is 2. The molecule has 1 unspecified atom stereocenters. The van der Waals surface area contributed by atoms with E-state index in [1.54, 1.807) is 14.0 Å². The molecule has 0 aliphatic heterocycles. The number of rotatable bonds is 7. The van der Waals surface area contributed by atoms with Crippen LogP contribution in [0.3, 0.4) is 0 Å². The zero-order chi connectivity index (χ0) is 18.0. The Hall–Kier alpha value is -2.56. The van der Waals surface area contributed by atoms with Crippen molar-refractivity contribution in [1.82, 2.24) is 5.32 Å². The van der Waals surface area contributed by atoms with Crippen molar-refractivity contribution in [1.29, 1.82) is 0 Å². The molecule has 2 N–H and O–H groups in total. The van der Waals surface area contributed by atoms with Gasteiger partial charge in [-0.15, -0.1) is 0 Å². The first kappa shape index (κ1) is 17.3. The summed E-state index contributed by atoms with van der Waals surface area (Å²) in [7, 11) is 1.63. The summed E-state index contributed by atoms with van der Waals surface area (Å²) in [6.07, 6.45) is 2.64. The molecular weight excluding hydrogens is 318 g/mol. The third kappa shape index (κ3) is 4.10. The number of carbonyl (C=O) groups excluding carboxylic acids is 1. The van der Waals surface area contributed by atoms with Crippen LogP contribution in [0.25, 0.3) is 10.8 Å². The number of carbonyl (C=O) groups is 2. The van der Waals surface area contributed by atoms with Crippen molar-refractivity contribution in [2.45, 2.75) is 38.1 Å². The van der Waals surface area contributed by atoms with E-state index in [1.807, 2.05) is 36.4 Å². The number of carboxylic acid groups (broad SMARTS) is 1. The number of hydrogen-bond donors (Lipinski definition) is 2. The second-order valence-electron chi connectivity index (χ2n) is 6.77. The number of hydrogen-bond acceptors (Lipinski definition) is 3. The molecule has 2 aromatic rings. The minimum Gasteiger partial charge on any atom is -0.497 e. The Kier molecular flexibility index (Phi) is 4.93. The Morgan fingerprint density at radius 3 is 2.52 bits per heavy atom. The van der Waals surface area contributed by atoms with Gasteiger partial charge >= 0.3 is 5.97 Å². The van der Waals surface area contributed by atoms with E-state index < -0.39 is 17.9 Å². The maximum atomic E-state index is 12.5. The summed E-state index contributed by atoms with van der Waals surface area (Å²) >= 11 is 0. The highest BCUT2D eigenvalue weighted by atomic mass is 16.5. The number of ether oxygens (including phenoxy) is 1. The van der Waals surface area contributed by atoms with Gasteiger partial charge in [0.2, 0.25) is 5.91 Å². The third-order valence-electron chi connectivity index (χ3n) is 4.85. The van der Waals surface area contributed by atoms with E-state index in [1.165, 1.54) is 0 Å². The highest BCUT2D eigenvalue weighted by Crippen LogP contribution is 2.33. The summed E-state index contributed by atoms with van der Waals surface area (Å²) in [6.45, 7) is 1.80. The maximum absolute atomic E-state index is 12.5. The van der Waals surface area contributed by atoms with Crippen LogP contribution in [-0.4, -0.2) is 30.1 Å². The third-order valence-corrected chi connectivity index (χ3v) is 4.85. The van der Waals surface area contributed by atoms with Crippen LogP contribution in [0.2, 0.25) is 0 Å². The Morgan fingerprint density at radius 1 is 1.20 bits per heavy atom. The SMILES string of the molecule is COc1ccc2cc([C@H](C)C(=O)NC(CC3CC3)C(=O)O)ccc2c1. The van der Waals surface area contributed by atoms with Gasteiger partial charge in [0.15, 0.2) is 0 Å². The average molecular weight is 341 g/mol. The molecule has 2 atom stereocenters. The van der Waals surface area contributed by atoms with Crippen molar-refractivity contribution in [3.8, 4) is 5.75 Å². The topological polar surface area (TPSA) is 75.6 Å². The van der Waals surface area contributed by atoms with Gasteiger partial charge in [-0.3, -0.25) is 4.79 Å². The summed E-state index contributed by atoms with van der Waals surface area (Å²) in [4.78, 5) is 23.9. The number of aliphatic carboxylic acids is 1. The van der Waals surface area contributed by atoms with Crippen LogP contribution >= 0.6 is 0 Å². The van der Waals surface area contributed by atoms with Gasteiger partial charge in [-0.05, 0) is 47.7 Å². The maximum Gasteiger partial charge on any atom is 0.326 e. The van der Waals surface area contributed by atoms with E-state index in [0.29, 0.717) is 12.3 Å². The molecule has 132 valence electrons. The number of methoxy groups -OCH3 is 1. The molecule has 5 heteroatoms. The van der Waals surface area contributed by atoms with E-state index in [9.17, 15) is 14.7 Å². The van der Waals surface area contributed by atoms with Crippen LogP contribution < -0.4 is 10.1 Å². The van der Waals surface area contributed by atoms with Gasteiger partial charge in [0.1, 0.15) is 11.8 Å². The van der Waals surface area contributed by atoms with Crippen molar-refractivity contribution in [2.24, 2.45) is 5.92 Å². The number of carboxylic acids is 1. The van der Waals surface area contributed by atoms with Crippen molar-refractivity contribution in [3.05, 3.63) is 42.0 Å². The van der Waals surface area contributed by atoms with Crippen LogP contribution in [-0.2, 0) is 9.59 Å². The van der Waals surface area contributed by atoms with Crippen LogP contribution in [0.15, 0.2) is 36.4 Å². The van der Waals surface area contributed by atoms with Gasteiger partial charge < -0.3 is 15.2 Å². The highest BCUT2D eigenvalue weighted by molar-refractivity contribution is 5.90. The average Bonchev–Trinajstić information content (AvgIpc) is 3.43. The van der Waals surface area contributed by atoms with Gasteiger partial charge in [0.25, 0.3) is 0 Å². The molecule has 3 rings (SSSR count). The molecule has 0 aromatic heterocycles. The van der Waals surface area contributed by atoms with Crippen LogP contribution in [0.5, 0.6) is 5.75 Å². The monoisotopic (exact) mass is 341 g/mol. The fourth-order valence-electron chi connectivity index (χ4n) is 3.00. The number of amides is 1. The predicted octanol–water partition coefficient (Wildman–Crippen LogP) is 3.32. The number of nitrogens with one attached hydrogen (secondary N) is 1. The highest BCUT2D eigenvalue weighted by Gasteiger charge is 2.31. The predicted molar refractivity (Wildman–Crippen MR) is 95.8 cm³/mol. The van der Waals surface area contributed by atoms with Crippen molar-refractivity contribution < 1.29 is 19.4 Å². The Bertz CT molecular complexity index is 797. The largest absolute Gasteiger partial charge is 0.497 e. The number of fused-ring (bicyclic) bond motifs is 1. The zero-order valence-corrected chi connectivity index (χ0v) is 14.5. The molecule has 0 saturated heterocycles. The molecule has 0 radical (unpaired) electrons. The smallest absolute Gasteiger partial charge is 0.326 e. The summed E-state index contributed by atoms with van der Waals surface area (Å²) in [6, 6.07) is 10.8. The van der Waals surface area contributed by atoms with Gasteiger partial charge in [-0.25, -0.2) is 4.79 Å². The second kappa shape index (κ2) is 7.13. The van der Waals surface area contributed by atoms with Crippen LogP contribution in [0.1, 0.15) is 37.7 Å². The quantitative estimate of drug-likeness (QED) is 0.810. The molecule has 0 bridgehead atoms. The Balaban J connectivity index is 1.74. The molecule has 2 aromatic carbocycles. The van der Waals surface area contributed by atoms with Gasteiger partial charge in [0, 0.05) is 0 Å². The van der Waals surface area contributed by atoms with E-state index in [-0.39, 0.29) is 5.91 Å². The first-order valence-electron chi connectivity index (χ1n) is 8.59. The zero-order valence-electron chi connectivity index (χ0n) is 14.5. The fraction of sp³-hybridized carbons (Fsp3) is 0.400. The van der Waals surface area contributed by atoms with E-state index in [2.05, 4.69) is 5.32 Å². The van der Waals surface area contributed by atoms with Gasteiger partial charge in [-0.1, -0.05) is 37.1 Å². The van der Waals surface area contributed by atoms with E-state index in [4.69, 9.17) is 4.74 Å². The molecule has 1 aliphatic rings. The second-order valence-corrected chi connectivity index (χ2v) is 6.77. The lowest BCUT2D eigenvalue weighted by atomic mass is 9.96. The molecule has 25 heavy (non-hydrogen) atoms. The lowest BCUT2D eigenvalue weighted by Gasteiger charge is -2.18. The minimum atomic E-state index is -0.960. The van der Waals surface area contributed by atoms with Crippen molar-refractivity contribution in [2.75, 3.05) is 7.11 Å². The summed E-state index contributed by atoms with van der Waals surface area (Å²) in [5.74, 6) is -0.394. The first-order valence-corrected chi connectivity index (χ1v) is 8.59. The molecule has 1 saturated carbocycles. The molecular formula is C20H23NO4. The standard InChI is InChI=1S/C20H23NO4/c1-12(19(22)21-18(20(23)24)9-13-3-4-13)14-5-6-16-11-17(25-2)8-7-15(16)10-14/h5-8,10-13,18H,3-4,9H2,1-2H3,(H,21,22)(H,23,24)/t12-,18?/m0/s1. The van der Waals surface area contributed by atoms with Gasteiger partial charge in [-0.2, -0.15) is 0 Å². The summed E-state index contributed by atoms with van der Waals surface area (Å²) in [5.41, 5.74) is 0.866. The fourth-order valence-corrected chi connectivity index (χ4v) is 3.00. The van der Waals surface area contributed by atoms with E-state index >= 15 is 0 Å². The van der Waals surface area contributed by atoms with Crippen LogP contribution in [0, 0.1) is 5.92 Å². The molecule has 1 amide bonds. The molecule has 1 aliphatic carbocycles. The molecule has 0 heterocycles.